The number of esters is 2. The highest BCUT2D eigenvalue weighted by Gasteiger charge is 2.26. The number of aromatic nitrogens is 1. The van der Waals surface area contributed by atoms with Crippen molar-refractivity contribution in [1.82, 2.24) is 4.98 Å². The number of amides is 1. The van der Waals surface area contributed by atoms with Crippen molar-refractivity contribution in [1.29, 1.82) is 0 Å². The quantitative estimate of drug-likeness (QED) is 0.773. The second-order valence-electron chi connectivity index (χ2n) is 6.28. The zero-order valence-corrected chi connectivity index (χ0v) is 16.9. The maximum atomic E-state index is 12.6. The van der Waals surface area contributed by atoms with Crippen LogP contribution in [0.2, 0.25) is 0 Å². The number of nitrogens with zero attached hydrogens (tertiary/aromatic N) is 1. The van der Waals surface area contributed by atoms with Crippen molar-refractivity contribution in [3.05, 3.63) is 46.8 Å². The summed E-state index contributed by atoms with van der Waals surface area (Å²) >= 11 is 1.69. The highest BCUT2D eigenvalue weighted by Crippen LogP contribution is 2.34. The molecule has 2 heterocycles. The lowest BCUT2D eigenvalue weighted by molar-refractivity contribution is -0.121. The minimum atomic E-state index is -0.677. The van der Waals surface area contributed by atoms with Gasteiger partial charge in [-0.3, -0.25) is 4.79 Å². The molecule has 1 aliphatic rings. The third kappa shape index (κ3) is 3.91. The van der Waals surface area contributed by atoms with Crippen LogP contribution in [0.4, 0.5) is 5.69 Å². The summed E-state index contributed by atoms with van der Waals surface area (Å²) in [7, 11) is 0. The summed E-state index contributed by atoms with van der Waals surface area (Å²) in [4.78, 5) is 42.7. The molecule has 2 aromatic rings. The molecular formula is C20H22N2O5S. The molecule has 0 saturated heterocycles. The molecule has 8 heteroatoms. The van der Waals surface area contributed by atoms with Crippen molar-refractivity contribution >= 4 is 35.3 Å². The molecular weight excluding hydrogens is 380 g/mol. The predicted molar refractivity (Wildman–Crippen MR) is 106 cm³/mol. The largest absolute Gasteiger partial charge is 0.462 e. The summed E-state index contributed by atoms with van der Waals surface area (Å²) in [5.74, 6) is -0.669. The molecule has 7 nitrogen and oxygen atoms in total. The molecule has 0 fully saturated rings. The number of ether oxygens (including phenoxy) is 2. The molecule has 1 aromatic heterocycles. The fourth-order valence-corrected chi connectivity index (χ4v) is 4.16. The summed E-state index contributed by atoms with van der Waals surface area (Å²) in [6, 6.07) is 7.65. The van der Waals surface area contributed by atoms with Crippen molar-refractivity contribution in [3.8, 4) is 0 Å². The number of fused-ring (bicyclic) bond motifs is 1. The van der Waals surface area contributed by atoms with Gasteiger partial charge in [-0.2, -0.15) is 0 Å². The third-order valence-corrected chi connectivity index (χ3v) is 5.52. The van der Waals surface area contributed by atoms with Crippen LogP contribution >= 0.6 is 11.8 Å². The monoisotopic (exact) mass is 402 g/mol. The van der Waals surface area contributed by atoms with Crippen LogP contribution < -0.4 is 4.90 Å². The Hall–Kier alpha value is -2.74. The van der Waals surface area contributed by atoms with Gasteiger partial charge >= 0.3 is 11.9 Å². The van der Waals surface area contributed by atoms with Gasteiger partial charge in [-0.05, 0) is 38.5 Å². The van der Waals surface area contributed by atoms with E-state index in [0.717, 1.165) is 16.3 Å². The lowest BCUT2D eigenvalue weighted by Gasteiger charge is -2.28. The minimum absolute atomic E-state index is 0.156. The Bertz CT molecular complexity index is 921. The molecule has 0 aliphatic carbocycles. The number of rotatable bonds is 5. The number of hydrogen-bond donors (Lipinski definition) is 1. The van der Waals surface area contributed by atoms with E-state index in [0.29, 0.717) is 23.4 Å². The van der Waals surface area contributed by atoms with E-state index >= 15 is 0 Å². The Morgan fingerprint density at radius 2 is 1.89 bits per heavy atom. The normalized spacial score (nSPS) is 13.0. The Morgan fingerprint density at radius 3 is 2.64 bits per heavy atom. The number of para-hydroxylation sites is 1. The Morgan fingerprint density at radius 1 is 1.14 bits per heavy atom. The van der Waals surface area contributed by atoms with Gasteiger partial charge in [-0.15, -0.1) is 11.8 Å². The first-order valence-corrected chi connectivity index (χ1v) is 9.98. The molecule has 0 unspecified atom stereocenters. The number of H-pyrrole nitrogens is 1. The van der Waals surface area contributed by atoms with Crippen LogP contribution in [0.15, 0.2) is 29.2 Å². The van der Waals surface area contributed by atoms with Gasteiger partial charge in [-0.25, -0.2) is 9.59 Å². The predicted octanol–water partition coefficient (Wildman–Crippen LogP) is 3.10. The lowest BCUT2D eigenvalue weighted by Crippen LogP contribution is -2.38. The van der Waals surface area contributed by atoms with Crippen LogP contribution in [0.25, 0.3) is 0 Å². The molecule has 0 bridgehead atoms. The zero-order chi connectivity index (χ0) is 20.3. The number of nitrogens with one attached hydrogen (secondary N) is 1. The van der Waals surface area contributed by atoms with Crippen LogP contribution in [0, 0.1) is 13.8 Å². The first-order valence-electron chi connectivity index (χ1n) is 8.99. The molecule has 1 aliphatic heterocycles. The van der Waals surface area contributed by atoms with E-state index in [4.69, 9.17) is 9.47 Å². The molecule has 1 amide bonds. The molecule has 0 spiro atoms. The fourth-order valence-electron chi connectivity index (χ4n) is 3.17. The van der Waals surface area contributed by atoms with E-state index < -0.39 is 11.9 Å². The van der Waals surface area contributed by atoms with Crippen LogP contribution in [0.3, 0.4) is 0 Å². The van der Waals surface area contributed by atoms with Crippen molar-refractivity contribution in [3.63, 3.8) is 0 Å². The van der Waals surface area contributed by atoms with Crippen LogP contribution in [-0.2, 0) is 14.3 Å². The van der Waals surface area contributed by atoms with Crippen molar-refractivity contribution in [2.75, 3.05) is 30.4 Å². The maximum absolute atomic E-state index is 12.6. The SMILES string of the molecule is CCOC(=O)c1c(C)[nH]c(C(=O)OCC(=O)N2CCSc3ccccc32)c1C. The molecule has 28 heavy (non-hydrogen) atoms. The number of anilines is 1. The van der Waals surface area contributed by atoms with E-state index in [1.54, 1.807) is 37.4 Å². The van der Waals surface area contributed by atoms with Gasteiger partial charge in [0.15, 0.2) is 6.61 Å². The van der Waals surface area contributed by atoms with Crippen LogP contribution in [0.5, 0.6) is 0 Å². The van der Waals surface area contributed by atoms with E-state index in [-0.39, 0.29) is 24.8 Å². The summed E-state index contributed by atoms with van der Waals surface area (Å²) in [5, 5.41) is 0. The maximum Gasteiger partial charge on any atom is 0.355 e. The smallest absolute Gasteiger partial charge is 0.355 e. The summed E-state index contributed by atoms with van der Waals surface area (Å²) in [6.45, 7) is 5.48. The Balaban J connectivity index is 1.69. The minimum Gasteiger partial charge on any atom is -0.462 e. The number of carbonyl (C=O) groups is 3. The van der Waals surface area contributed by atoms with E-state index in [9.17, 15) is 14.4 Å². The second kappa shape index (κ2) is 8.52. The molecule has 1 N–H and O–H groups in total. The molecule has 148 valence electrons. The number of aromatic amines is 1. The standard InChI is InChI=1S/C20H22N2O5S/c1-4-26-19(24)17-12(2)18(21-13(17)3)20(25)27-11-16(23)22-9-10-28-15-8-6-5-7-14(15)22/h5-8,21H,4,9-11H2,1-3H3. The van der Waals surface area contributed by atoms with Gasteiger partial charge < -0.3 is 19.4 Å². The van der Waals surface area contributed by atoms with Crippen molar-refractivity contribution in [2.24, 2.45) is 0 Å². The van der Waals surface area contributed by atoms with Crippen LogP contribution in [-0.4, -0.2) is 48.3 Å². The van der Waals surface area contributed by atoms with Crippen molar-refractivity contribution < 1.29 is 23.9 Å². The van der Waals surface area contributed by atoms with Gasteiger partial charge in [-0.1, -0.05) is 12.1 Å². The molecule has 0 atom stereocenters. The number of aryl methyl sites for hydroxylation is 1. The van der Waals surface area contributed by atoms with Gasteiger partial charge in [0.2, 0.25) is 0 Å². The number of thioether (sulfide) groups is 1. The number of carbonyl (C=O) groups excluding carboxylic acids is 3. The van der Waals surface area contributed by atoms with E-state index in [2.05, 4.69) is 4.98 Å². The topological polar surface area (TPSA) is 88.7 Å². The Labute approximate surface area is 167 Å². The molecule has 0 radical (unpaired) electrons. The molecule has 0 saturated carbocycles. The first kappa shape index (κ1) is 20.0. The highest BCUT2D eigenvalue weighted by molar-refractivity contribution is 7.99. The summed E-state index contributed by atoms with van der Waals surface area (Å²) in [5.41, 5.74) is 2.28. The van der Waals surface area contributed by atoms with Crippen LogP contribution in [0.1, 0.15) is 39.0 Å². The zero-order valence-electron chi connectivity index (χ0n) is 16.0. The van der Waals surface area contributed by atoms with Gasteiger partial charge in [0, 0.05) is 22.9 Å². The second-order valence-corrected chi connectivity index (χ2v) is 7.42. The summed E-state index contributed by atoms with van der Waals surface area (Å²) in [6.07, 6.45) is 0. The van der Waals surface area contributed by atoms with E-state index in [1.807, 2.05) is 24.3 Å². The van der Waals surface area contributed by atoms with Crippen molar-refractivity contribution in [2.45, 2.75) is 25.7 Å². The Kier molecular flexibility index (Phi) is 6.08. The lowest BCUT2D eigenvalue weighted by atomic mass is 10.1. The van der Waals surface area contributed by atoms with E-state index in [1.165, 1.54) is 0 Å². The van der Waals surface area contributed by atoms with Gasteiger partial charge in [0.25, 0.3) is 5.91 Å². The third-order valence-electron chi connectivity index (χ3n) is 4.48. The number of benzene rings is 1. The first-order chi connectivity index (χ1) is 13.4. The number of hydrogen-bond acceptors (Lipinski definition) is 6. The summed E-state index contributed by atoms with van der Waals surface area (Å²) < 4.78 is 10.2. The molecule has 3 rings (SSSR count). The molecule has 1 aromatic carbocycles. The average molecular weight is 402 g/mol. The van der Waals surface area contributed by atoms with Gasteiger partial charge in [0.1, 0.15) is 5.69 Å². The average Bonchev–Trinajstić information content (AvgIpc) is 2.99. The fraction of sp³-hybridized carbons (Fsp3) is 0.350. The highest BCUT2D eigenvalue weighted by atomic mass is 32.2. The van der Waals surface area contributed by atoms with Gasteiger partial charge in [0.05, 0.1) is 17.9 Å².